The zero-order chi connectivity index (χ0) is 17.5. The molecule has 1 aromatic rings. The fourth-order valence-electron chi connectivity index (χ4n) is 3.38. The number of amides is 2. The molecule has 0 bridgehead atoms. The van der Waals surface area contributed by atoms with Crippen LogP contribution < -0.4 is 10.6 Å². The number of likely N-dealkylation sites (tertiary alicyclic amines) is 1. The standard InChI is InChI=1S/C18H29N3O3/c1-13-10-14(2)12-21(11-13)8-5-7-19-17(22)15(3)20-18(23)16-6-4-9-24-16/h4,6,9,13-15H,5,7-8,10-12H2,1-3H3,(H,19,22)(H,20,23). The maximum absolute atomic E-state index is 12.0. The van der Waals surface area contributed by atoms with Crippen LogP contribution in [0.3, 0.4) is 0 Å². The Bertz CT molecular complexity index is 520. The smallest absolute Gasteiger partial charge is 0.287 e. The van der Waals surface area contributed by atoms with Crippen molar-refractivity contribution in [1.82, 2.24) is 15.5 Å². The highest BCUT2D eigenvalue weighted by Crippen LogP contribution is 2.20. The second-order valence-electron chi connectivity index (χ2n) is 7.02. The van der Waals surface area contributed by atoms with E-state index in [1.165, 1.54) is 12.7 Å². The SMILES string of the molecule is CC1CC(C)CN(CCCNC(=O)C(C)NC(=O)c2ccco2)C1. The van der Waals surface area contributed by atoms with Crippen LogP contribution in [0.1, 0.15) is 44.2 Å². The summed E-state index contributed by atoms with van der Waals surface area (Å²) in [4.78, 5) is 26.3. The van der Waals surface area contributed by atoms with Gasteiger partial charge in [0.2, 0.25) is 5.91 Å². The van der Waals surface area contributed by atoms with Gasteiger partial charge in [0, 0.05) is 19.6 Å². The Kier molecular flexibility index (Phi) is 6.85. The molecule has 1 saturated heterocycles. The predicted molar refractivity (Wildman–Crippen MR) is 92.6 cm³/mol. The monoisotopic (exact) mass is 335 g/mol. The Morgan fingerprint density at radius 2 is 2.04 bits per heavy atom. The summed E-state index contributed by atoms with van der Waals surface area (Å²) in [6.07, 6.45) is 3.66. The molecule has 0 aliphatic carbocycles. The zero-order valence-electron chi connectivity index (χ0n) is 14.9. The average Bonchev–Trinajstić information content (AvgIpc) is 3.04. The molecule has 2 heterocycles. The molecule has 1 fully saturated rings. The van der Waals surface area contributed by atoms with E-state index in [-0.39, 0.29) is 17.6 Å². The van der Waals surface area contributed by atoms with Gasteiger partial charge in [0.15, 0.2) is 5.76 Å². The lowest BCUT2D eigenvalue weighted by molar-refractivity contribution is -0.122. The van der Waals surface area contributed by atoms with Crippen LogP contribution in [0.2, 0.25) is 0 Å². The Balaban J connectivity index is 1.63. The maximum Gasteiger partial charge on any atom is 0.287 e. The van der Waals surface area contributed by atoms with Crippen molar-refractivity contribution in [3.05, 3.63) is 24.2 Å². The molecule has 1 aliphatic heterocycles. The lowest BCUT2D eigenvalue weighted by atomic mass is 9.92. The second kappa shape index (κ2) is 8.87. The lowest BCUT2D eigenvalue weighted by Crippen LogP contribution is -2.45. The van der Waals surface area contributed by atoms with Gasteiger partial charge >= 0.3 is 0 Å². The topological polar surface area (TPSA) is 74.6 Å². The molecular weight excluding hydrogens is 306 g/mol. The normalized spacial score (nSPS) is 22.8. The van der Waals surface area contributed by atoms with Crippen LogP contribution in [0.25, 0.3) is 0 Å². The number of furan rings is 1. The fourth-order valence-corrected chi connectivity index (χ4v) is 3.38. The van der Waals surface area contributed by atoms with Gasteiger partial charge in [0.1, 0.15) is 6.04 Å². The van der Waals surface area contributed by atoms with Crippen LogP contribution in [0.4, 0.5) is 0 Å². The third-order valence-corrected chi connectivity index (χ3v) is 4.38. The van der Waals surface area contributed by atoms with Crippen molar-refractivity contribution in [3.8, 4) is 0 Å². The molecule has 0 saturated carbocycles. The molecular formula is C18H29N3O3. The quantitative estimate of drug-likeness (QED) is 0.746. The number of nitrogens with one attached hydrogen (secondary N) is 2. The van der Waals surface area contributed by atoms with Gasteiger partial charge in [-0.1, -0.05) is 13.8 Å². The van der Waals surface area contributed by atoms with Crippen molar-refractivity contribution in [1.29, 1.82) is 0 Å². The first kappa shape index (κ1) is 18.5. The Morgan fingerprint density at radius 1 is 1.33 bits per heavy atom. The highest BCUT2D eigenvalue weighted by molar-refractivity contribution is 5.95. The van der Waals surface area contributed by atoms with Gasteiger partial charge in [-0.15, -0.1) is 0 Å². The summed E-state index contributed by atoms with van der Waals surface area (Å²) >= 11 is 0. The molecule has 134 valence electrons. The zero-order valence-corrected chi connectivity index (χ0v) is 14.9. The highest BCUT2D eigenvalue weighted by Gasteiger charge is 2.21. The van der Waals surface area contributed by atoms with E-state index in [1.54, 1.807) is 19.1 Å². The van der Waals surface area contributed by atoms with Crippen molar-refractivity contribution in [2.75, 3.05) is 26.2 Å². The molecule has 2 amide bonds. The molecule has 0 spiro atoms. The first-order valence-corrected chi connectivity index (χ1v) is 8.80. The summed E-state index contributed by atoms with van der Waals surface area (Å²) in [5.41, 5.74) is 0. The lowest BCUT2D eigenvalue weighted by Gasteiger charge is -2.34. The first-order chi connectivity index (χ1) is 11.5. The number of carbonyl (C=O) groups is 2. The molecule has 0 radical (unpaired) electrons. The average molecular weight is 335 g/mol. The Hall–Kier alpha value is -1.82. The number of piperidine rings is 1. The van der Waals surface area contributed by atoms with Gasteiger partial charge in [-0.25, -0.2) is 0 Å². The molecule has 0 aromatic carbocycles. The van der Waals surface area contributed by atoms with Gasteiger partial charge < -0.3 is 20.0 Å². The number of hydrogen-bond acceptors (Lipinski definition) is 4. The third-order valence-electron chi connectivity index (χ3n) is 4.38. The van der Waals surface area contributed by atoms with Crippen LogP contribution in [0.15, 0.2) is 22.8 Å². The van der Waals surface area contributed by atoms with Crippen molar-refractivity contribution < 1.29 is 14.0 Å². The molecule has 1 aliphatic rings. The molecule has 24 heavy (non-hydrogen) atoms. The molecule has 6 nitrogen and oxygen atoms in total. The molecule has 2 rings (SSSR count). The molecule has 3 unspecified atom stereocenters. The van der Waals surface area contributed by atoms with Gasteiger partial charge in [-0.2, -0.15) is 0 Å². The van der Waals surface area contributed by atoms with Crippen molar-refractivity contribution >= 4 is 11.8 Å². The van der Waals surface area contributed by atoms with E-state index in [4.69, 9.17) is 4.42 Å². The van der Waals surface area contributed by atoms with E-state index in [9.17, 15) is 9.59 Å². The van der Waals surface area contributed by atoms with Gasteiger partial charge in [0.25, 0.3) is 5.91 Å². The van der Waals surface area contributed by atoms with Gasteiger partial charge in [0.05, 0.1) is 6.26 Å². The summed E-state index contributed by atoms with van der Waals surface area (Å²) in [7, 11) is 0. The van der Waals surface area contributed by atoms with Crippen LogP contribution in [0, 0.1) is 11.8 Å². The molecule has 3 atom stereocenters. The summed E-state index contributed by atoms with van der Waals surface area (Å²) in [6.45, 7) is 10.2. The second-order valence-corrected chi connectivity index (χ2v) is 7.02. The third kappa shape index (κ3) is 5.67. The Morgan fingerprint density at radius 3 is 2.67 bits per heavy atom. The largest absolute Gasteiger partial charge is 0.459 e. The summed E-state index contributed by atoms with van der Waals surface area (Å²) in [5.74, 6) is 1.16. The van der Waals surface area contributed by atoms with Crippen molar-refractivity contribution in [2.24, 2.45) is 11.8 Å². The highest BCUT2D eigenvalue weighted by atomic mass is 16.3. The molecule has 2 N–H and O–H groups in total. The first-order valence-electron chi connectivity index (χ1n) is 8.80. The Labute approximate surface area is 144 Å². The summed E-state index contributed by atoms with van der Waals surface area (Å²) in [5, 5.41) is 5.51. The van der Waals surface area contributed by atoms with E-state index in [0.29, 0.717) is 6.54 Å². The molecule has 6 heteroatoms. The van der Waals surface area contributed by atoms with Crippen molar-refractivity contribution in [3.63, 3.8) is 0 Å². The number of hydrogen-bond donors (Lipinski definition) is 2. The minimum Gasteiger partial charge on any atom is -0.459 e. The van der Waals surface area contributed by atoms with E-state index >= 15 is 0 Å². The van der Waals surface area contributed by atoms with E-state index in [2.05, 4.69) is 29.4 Å². The minimum absolute atomic E-state index is 0.171. The predicted octanol–water partition coefficient (Wildman–Crippen LogP) is 1.88. The van der Waals surface area contributed by atoms with Gasteiger partial charge in [-0.05, 0) is 50.3 Å². The van der Waals surface area contributed by atoms with Gasteiger partial charge in [-0.3, -0.25) is 9.59 Å². The fraction of sp³-hybridized carbons (Fsp3) is 0.667. The molecule has 1 aromatic heterocycles. The van der Waals surface area contributed by atoms with E-state index in [1.807, 2.05) is 0 Å². The van der Waals surface area contributed by atoms with Crippen LogP contribution in [-0.2, 0) is 4.79 Å². The maximum atomic E-state index is 12.0. The van der Waals surface area contributed by atoms with Crippen molar-refractivity contribution in [2.45, 2.75) is 39.7 Å². The summed E-state index contributed by atoms with van der Waals surface area (Å²) in [6, 6.07) is 2.63. The van der Waals surface area contributed by atoms with E-state index in [0.717, 1.165) is 37.9 Å². The number of nitrogens with zero attached hydrogens (tertiary/aromatic N) is 1. The number of rotatable bonds is 7. The van der Waals surface area contributed by atoms with Crippen LogP contribution >= 0.6 is 0 Å². The van der Waals surface area contributed by atoms with Crippen LogP contribution in [0.5, 0.6) is 0 Å². The minimum atomic E-state index is -0.586. The van der Waals surface area contributed by atoms with Crippen LogP contribution in [-0.4, -0.2) is 48.9 Å². The summed E-state index contributed by atoms with van der Waals surface area (Å²) < 4.78 is 5.01. The van der Waals surface area contributed by atoms with E-state index < -0.39 is 6.04 Å². The number of carbonyl (C=O) groups excluding carboxylic acids is 2.